The van der Waals surface area contributed by atoms with Gasteiger partial charge in [-0.2, -0.15) is 0 Å². The van der Waals surface area contributed by atoms with E-state index >= 15 is 0 Å². The number of piperazine rings is 1. The molecule has 1 N–H and O–H groups in total. The monoisotopic (exact) mass is 242 g/mol. The zero-order chi connectivity index (χ0) is 13.1. The smallest absolute Gasteiger partial charge is 0.323 e. The van der Waals surface area contributed by atoms with Crippen LogP contribution in [0.25, 0.3) is 0 Å². The fraction of sp³-hybridized carbons (Fsp3) is 0.923. The van der Waals surface area contributed by atoms with Crippen LogP contribution in [0.15, 0.2) is 0 Å². The van der Waals surface area contributed by atoms with Crippen LogP contribution in [-0.2, 0) is 4.79 Å². The summed E-state index contributed by atoms with van der Waals surface area (Å²) in [6.07, 6.45) is 0.659. The van der Waals surface area contributed by atoms with Crippen molar-refractivity contribution in [2.24, 2.45) is 5.92 Å². The van der Waals surface area contributed by atoms with Gasteiger partial charge >= 0.3 is 5.97 Å². The lowest BCUT2D eigenvalue weighted by Gasteiger charge is -2.43. The van der Waals surface area contributed by atoms with E-state index in [-0.39, 0.29) is 0 Å². The Morgan fingerprint density at radius 1 is 1.29 bits per heavy atom. The Balaban J connectivity index is 2.53. The molecule has 1 fully saturated rings. The van der Waals surface area contributed by atoms with Crippen LogP contribution in [0, 0.1) is 5.92 Å². The van der Waals surface area contributed by atoms with E-state index in [1.807, 2.05) is 13.8 Å². The number of hydrogen-bond donors (Lipinski definition) is 1. The normalized spacial score (nSPS) is 22.6. The van der Waals surface area contributed by atoms with Gasteiger partial charge in [0.05, 0.1) is 0 Å². The fourth-order valence-corrected chi connectivity index (χ4v) is 2.45. The Hall–Kier alpha value is -0.610. The summed E-state index contributed by atoms with van der Waals surface area (Å²) in [6, 6.07) is 0. The van der Waals surface area contributed by atoms with Gasteiger partial charge in [-0.05, 0) is 19.3 Å². The number of carbonyl (C=O) groups is 1. The van der Waals surface area contributed by atoms with E-state index in [0.717, 1.165) is 32.7 Å². The maximum Gasteiger partial charge on any atom is 0.323 e. The van der Waals surface area contributed by atoms with Crippen molar-refractivity contribution in [2.45, 2.75) is 39.7 Å². The van der Waals surface area contributed by atoms with Crippen LogP contribution in [0.2, 0.25) is 0 Å². The van der Waals surface area contributed by atoms with Crippen LogP contribution in [0.5, 0.6) is 0 Å². The Morgan fingerprint density at radius 2 is 1.82 bits per heavy atom. The predicted octanol–water partition coefficient (Wildman–Crippen LogP) is 1.51. The molecule has 0 aromatic rings. The molecule has 0 bridgehead atoms. The van der Waals surface area contributed by atoms with Crippen molar-refractivity contribution in [1.29, 1.82) is 0 Å². The summed E-state index contributed by atoms with van der Waals surface area (Å²) < 4.78 is 0. The van der Waals surface area contributed by atoms with E-state index in [9.17, 15) is 9.90 Å². The second kappa shape index (κ2) is 5.83. The molecule has 0 aromatic heterocycles. The Kier molecular flexibility index (Phi) is 4.95. The van der Waals surface area contributed by atoms with Crippen LogP contribution in [0.4, 0.5) is 0 Å². The number of hydrogen-bond acceptors (Lipinski definition) is 3. The molecule has 1 aliphatic heterocycles. The minimum Gasteiger partial charge on any atom is -0.480 e. The maximum absolute atomic E-state index is 11.4. The third-order valence-corrected chi connectivity index (χ3v) is 3.84. The van der Waals surface area contributed by atoms with Crippen LogP contribution in [0.3, 0.4) is 0 Å². The van der Waals surface area contributed by atoms with Gasteiger partial charge in [0.15, 0.2) is 0 Å². The first kappa shape index (κ1) is 14.5. The van der Waals surface area contributed by atoms with Crippen molar-refractivity contribution in [3.05, 3.63) is 0 Å². The molecule has 4 heteroatoms. The molecule has 4 nitrogen and oxygen atoms in total. The SMILES string of the molecule is CCC(C)(C(=O)O)N1CCN(CC(C)C)CC1. The molecule has 0 aromatic carbocycles. The summed E-state index contributed by atoms with van der Waals surface area (Å²) in [5.74, 6) is -0.0177. The van der Waals surface area contributed by atoms with Gasteiger partial charge in [-0.1, -0.05) is 20.8 Å². The van der Waals surface area contributed by atoms with Crippen LogP contribution in [0.1, 0.15) is 34.1 Å². The Bertz CT molecular complexity index is 260. The molecule has 0 amide bonds. The molecule has 0 saturated carbocycles. The molecule has 17 heavy (non-hydrogen) atoms. The highest BCUT2D eigenvalue weighted by Gasteiger charge is 2.39. The van der Waals surface area contributed by atoms with Gasteiger partial charge < -0.3 is 10.0 Å². The van der Waals surface area contributed by atoms with Crippen molar-refractivity contribution in [2.75, 3.05) is 32.7 Å². The van der Waals surface area contributed by atoms with E-state index in [1.165, 1.54) is 0 Å². The molecule has 0 aliphatic carbocycles. The molecular formula is C13H26N2O2. The van der Waals surface area contributed by atoms with Gasteiger partial charge in [0, 0.05) is 32.7 Å². The summed E-state index contributed by atoms with van der Waals surface area (Å²) in [6.45, 7) is 13.1. The Morgan fingerprint density at radius 3 is 2.18 bits per heavy atom. The van der Waals surface area contributed by atoms with E-state index < -0.39 is 11.5 Å². The van der Waals surface area contributed by atoms with Gasteiger partial charge in [0.2, 0.25) is 0 Å². The number of nitrogens with zero attached hydrogens (tertiary/aromatic N) is 2. The topological polar surface area (TPSA) is 43.8 Å². The lowest BCUT2D eigenvalue weighted by atomic mass is 9.95. The largest absolute Gasteiger partial charge is 0.480 e. The first-order chi connectivity index (χ1) is 7.90. The van der Waals surface area contributed by atoms with Gasteiger partial charge in [-0.3, -0.25) is 9.69 Å². The summed E-state index contributed by atoms with van der Waals surface area (Å²) in [5, 5.41) is 9.34. The molecular weight excluding hydrogens is 216 g/mol. The van der Waals surface area contributed by atoms with Gasteiger partial charge in [0.1, 0.15) is 5.54 Å². The highest BCUT2D eigenvalue weighted by Crippen LogP contribution is 2.21. The van der Waals surface area contributed by atoms with Crippen molar-refractivity contribution in [3.63, 3.8) is 0 Å². The van der Waals surface area contributed by atoms with Crippen LogP contribution < -0.4 is 0 Å². The van der Waals surface area contributed by atoms with Crippen molar-refractivity contribution in [3.8, 4) is 0 Å². The van der Waals surface area contributed by atoms with Crippen molar-refractivity contribution in [1.82, 2.24) is 9.80 Å². The molecule has 1 atom stereocenters. The molecule has 0 radical (unpaired) electrons. The average molecular weight is 242 g/mol. The van der Waals surface area contributed by atoms with Gasteiger partial charge in [0.25, 0.3) is 0 Å². The first-order valence-corrected chi connectivity index (χ1v) is 6.61. The second-order valence-electron chi connectivity index (χ2n) is 5.61. The quantitative estimate of drug-likeness (QED) is 0.794. The van der Waals surface area contributed by atoms with Crippen LogP contribution >= 0.6 is 0 Å². The summed E-state index contributed by atoms with van der Waals surface area (Å²) >= 11 is 0. The average Bonchev–Trinajstić information content (AvgIpc) is 2.28. The number of carboxylic acid groups (broad SMARTS) is 1. The zero-order valence-corrected chi connectivity index (χ0v) is 11.6. The van der Waals surface area contributed by atoms with E-state index in [4.69, 9.17) is 0 Å². The summed E-state index contributed by atoms with van der Waals surface area (Å²) in [7, 11) is 0. The third-order valence-electron chi connectivity index (χ3n) is 3.84. The Labute approximate surface area is 105 Å². The third kappa shape index (κ3) is 3.42. The highest BCUT2D eigenvalue weighted by molar-refractivity contribution is 5.78. The zero-order valence-electron chi connectivity index (χ0n) is 11.6. The summed E-state index contributed by atoms with van der Waals surface area (Å²) in [5.41, 5.74) is -0.691. The number of carboxylic acids is 1. The molecule has 1 unspecified atom stereocenters. The van der Waals surface area contributed by atoms with E-state index in [1.54, 1.807) is 0 Å². The van der Waals surface area contributed by atoms with E-state index in [2.05, 4.69) is 23.6 Å². The minimum atomic E-state index is -0.697. The van der Waals surface area contributed by atoms with Gasteiger partial charge in [-0.25, -0.2) is 0 Å². The summed E-state index contributed by atoms with van der Waals surface area (Å²) in [4.78, 5) is 15.9. The molecule has 100 valence electrons. The van der Waals surface area contributed by atoms with Crippen LogP contribution in [-0.4, -0.2) is 59.1 Å². The maximum atomic E-state index is 11.4. The molecule has 1 aliphatic rings. The lowest BCUT2D eigenvalue weighted by Crippen LogP contribution is -2.59. The molecule has 1 saturated heterocycles. The van der Waals surface area contributed by atoms with Gasteiger partial charge in [-0.15, -0.1) is 0 Å². The first-order valence-electron chi connectivity index (χ1n) is 6.61. The molecule has 1 rings (SSSR count). The molecule has 0 spiro atoms. The lowest BCUT2D eigenvalue weighted by molar-refractivity contribution is -0.152. The second-order valence-corrected chi connectivity index (χ2v) is 5.61. The highest BCUT2D eigenvalue weighted by atomic mass is 16.4. The van der Waals surface area contributed by atoms with Crippen molar-refractivity contribution >= 4 is 5.97 Å². The molecule has 1 heterocycles. The number of rotatable bonds is 5. The number of aliphatic carboxylic acids is 1. The van der Waals surface area contributed by atoms with Crippen molar-refractivity contribution < 1.29 is 9.90 Å². The minimum absolute atomic E-state index is 0.659. The van der Waals surface area contributed by atoms with E-state index in [0.29, 0.717) is 12.3 Å². The fourth-order valence-electron chi connectivity index (χ4n) is 2.45. The standard InChI is InChI=1S/C13H26N2O2/c1-5-13(4,12(16)17)15-8-6-14(7-9-15)10-11(2)3/h11H,5-10H2,1-4H3,(H,16,17). The predicted molar refractivity (Wildman–Crippen MR) is 69.2 cm³/mol.